The Labute approximate surface area is 115 Å². The zero-order valence-electron chi connectivity index (χ0n) is 12.0. The maximum Gasteiger partial charge on any atom is 0.191 e. The Morgan fingerprint density at radius 2 is 2.16 bits per heavy atom. The first kappa shape index (κ1) is 14.1. The number of aryl methyl sites for hydroxylation is 1. The topological polar surface area (TPSA) is 40.5 Å². The summed E-state index contributed by atoms with van der Waals surface area (Å²) in [6.07, 6.45) is 1.55. The molecule has 1 N–H and O–H groups in total. The third-order valence-corrected chi connectivity index (χ3v) is 3.75. The number of anilines is 1. The van der Waals surface area contributed by atoms with Crippen LogP contribution in [0.4, 0.5) is 5.69 Å². The second kappa shape index (κ2) is 5.74. The molecular weight excluding hydrogens is 238 g/mol. The molecule has 0 saturated carbocycles. The molecule has 3 heteroatoms. The minimum Gasteiger partial charge on any atom is -0.385 e. The number of carbonyl (C=O) groups excluding carboxylic acids is 1. The van der Waals surface area contributed by atoms with Gasteiger partial charge in [0, 0.05) is 24.3 Å². The molecule has 2 atom stereocenters. The smallest absolute Gasteiger partial charge is 0.191 e. The summed E-state index contributed by atoms with van der Waals surface area (Å²) in [5.74, 6) is 0.500. The van der Waals surface area contributed by atoms with Crippen LogP contribution in [0.25, 0.3) is 0 Å². The third-order valence-electron chi connectivity index (χ3n) is 3.75. The van der Waals surface area contributed by atoms with Crippen molar-refractivity contribution >= 4 is 11.5 Å². The Kier molecular flexibility index (Phi) is 4.25. The average Bonchev–Trinajstić information content (AvgIpc) is 2.37. The largest absolute Gasteiger partial charge is 0.385 e. The van der Waals surface area contributed by atoms with Crippen molar-refractivity contribution in [3.05, 3.63) is 29.3 Å². The highest BCUT2D eigenvalue weighted by atomic mass is 16.3. The van der Waals surface area contributed by atoms with Crippen LogP contribution in [0, 0.1) is 12.8 Å². The Bertz CT molecular complexity index is 468. The third kappa shape index (κ3) is 3.35. The van der Waals surface area contributed by atoms with Crippen molar-refractivity contribution in [1.29, 1.82) is 0 Å². The van der Waals surface area contributed by atoms with Crippen LogP contribution in [0.2, 0.25) is 0 Å². The summed E-state index contributed by atoms with van der Waals surface area (Å²) in [5, 5.41) is 9.45. The minimum absolute atomic E-state index is 0.199. The molecule has 0 aromatic heterocycles. The predicted molar refractivity (Wildman–Crippen MR) is 77.8 cm³/mol. The highest BCUT2D eigenvalue weighted by molar-refractivity contribution is 6.00. The molecule has 1 aliphatic heterocycles. The maximum absolute atomic E-state index is 11.9. The number of rotatable bonds is 3. The highest BCUT2D eigenvalue weighted by Crippen LogP contribution is 2.25. The Hall–Kier alpha value is -1.35. The summed E-state index contributed by atoms with van der Waals surface area (Å²) >= 11 is 0. The zero-order valence-corrected chi connectivity index (χ0v) is 12.0. The van der Waals surface area contributed by atoms with Crippen LogP contribution in [0.5, 0.6) is 0 Å². The molecular formula is C16H23NO2. The fraction of sp³-hybridized carbons (Fsp3) is 0.562. The SMILES string of the molecule is Cc1cc(C(=O)[C@H](C)O)cc(N2CCCC(C)C2)c1. The van der Waals surface area contributed by atoms with Crippen molar-refractivity contribution in [2.45, 2.75) is 39.7 Å². The van der Waals surface area contributed by atoms with Crippen molar-refractivity contribution in [3.63, 3.8) is 0 Å². The first-order chi connectivity index (χ1) is 8.97. The highest BCUT2D eigenvalue weighted by Gasteiger charge is 2.19. The molecule has 1 aromatic carbocycles. The first-order valence-electron chi connectivity index (χ1n) is 7.06. The molecule has 104 valence electrons. The van der Waals surface area contributed by atoms with Crippen molar-refractivity contribution in [2.75, 3.05) is 18.0 Å². The Morgan fingerprint density at radius 1 is 1.42 bits per heavy atom. The fourth-order valence-corrected chi connectivity index (χ4v) is 2.75. The molecule has 1 unspecified atom stereocenters. The molecule has 0 aliphatic carbocycles. The van der Waals surface area contributed by atoms with Crippen LogP contribution in [-0.4, -0.2) is 30.1 Å². The predicted octanol–water partition coefficient (Wildman–Crippen LogP) is 2.79. The quantitative estimate of drug-likeness (QED) is 0.851. The number of ketones is 1. The van der Waals surface area contributed by atoms with E-state index in [0.29, 0.717) is 11.5 Å². The summed E-state index contributed by atoms with van der Waals surface area (Å²) in [5.41, 5.74) is 2.79. The number of aliphatic hydroxyl groups is 1. The monoisotopic (exact) mass is 261 g/mol. The van der Waals surface area contributed by atoms with Crippen LogP contribution in [-0.2, 0) is 0 Å². The van der Waals surface area contributed by atoms with Crippen LogP contribution in [0.15, 0.2) is 18.2 Å². The van der Waals surface area contributed by atoms with Gasteiger partial charge in [0.2, 0.25) is 0 Å². The van der Waals surface area contributed by atoms with E-state index in [-0.39, 0.29) is 5.78 Å². The summed E-state index contributed by atoms with van der Waals surface area (Å²) in [6.45, 7) is 7.88. The van der Waals surface area contributed by atoms with E-state index in [0.717, 1.165) is 24.3 Å². The van der Waals surface area contributed by atoms with Gasteiger partial charge in [-0.1, -0.05) is 6.92 Å². The summed E-state index contributed by atoms with van der Waals surface area (Å²) < 4.78 is 0. The van der Waals surface area contributed by atoms with Crippen LogP contribution < -0.4 is 4.90 Å². The second-order valence-electron chi connectivity index (χ2n) is 5.79. The van der Waals surface area contributed by atoms with E-state index in [4.69, 9.17) is 0 Å². The minimum atomic E-state index is -0.935. The van der Waals surface area contributed by atoms with E-state index in [2.05, 4.69) is 17.9 Å². The molecule has 1 saturated heterocycles. The van der Waals surface area contributed by atoms with Gasteiger partial charge in [-0.2, -0.15) is 0 Å². The molecule has 2 rings (SSSR count). The van der Waals surface area contributed by atoms with Crippen LogP contribution >= 0.6 is 0 Å². The van der Waals surface area contributed by atoms with E-state index in [1.165, 1.54) is 19.8 Å². The van der Waals surface area contributed by atoms with Gasteiger partial charge in [-0.3, -0.25) is 4.79 Å². The molecule has 0 bridgehead atoms. The Morgan fingerprint density at radius 3 is 2.79 bits per heavy atom. The van der Waals surface area contributed by atoms with Crippen LogP contribution in [0.1, 0.15) is 42.6 Å². The summed E-state index contributed by atoms with van der Waals surface area (Å²) in [6, 6.07) is 5.89. The molecule has 0 spiro atoms. The van der Waals surface area contributed by atoms with Crippen LogP contribution in [0.3, 0.4) is 0 Å². The molecule has 1 fully saturated rings. The van der Waals surface area contributed by atoms with E-state index >= 15 is 0 Å². The zero-order chi connectivity index (χ0) is 14.0. The van der Waals surface area contributed by atoms with Crippen molar-refractivity contribution < 1.29 is 9.90 Å². The molecule has 1 aromatic rings. The lowest BCUT2D eigenvalue weighted by Gasteiger charge is -2.33. The van der Waals surface area contributed by atoms with Gasteiger partial charge in [-0.25, -0.2) is 0 Å². The lowest BCUT2D eigenvalue weighted by Crippen LogP contribution is -2.34. The first-order valence-corrected chi connectivity index (χ1v) is 7.06. The molecule has 1 aliphatic rings. The number of aliphatic hydroxyl groups excluding tert-OH is 1. The standard InChI is InChI=1S/C16H23NO2/c1-11-5-4-6-17(10-11)15-8-12(2)7-14(9-15)16(19)13(3)18/h7-9,11,13,18H,4-6,10H2,1-3H3/t11?,13-/m0/s1. The lowest BCUT2D eigenvalue weighted by molar-refractivity contribution is 0.0779. The van der Waals surface area contributed by atoms with Crippen molar-refractivity contribution in [3.8, 4) is 0 Å². The summed E-state index contributed by atoms with van der Waals surface area (Å²) in [7, 11) is 0. The van der Waals surface area contributed by atoms with E-state index in [9.17, 15) is 9.90 Å². The lowest BCUT2D eigenvalue weighted by atomic mass is 9.98. The molecule has 3 nitrogen and oxygen atoms in total. The van der Waals surface area contributed by atoms with E-state index in [1.807, 2.05) is 19.1 Å². The summed E-state index contributed by atoms with van der Waals surface area (Å²) in [4.78, 5) is 14.3. The number of nitrogens with zero attached hydrogens (tertiary/aromatic N) is 1. The average molecular weight is 261 g/mol. The van der Waals surface area contributed by atoms with Crippen molar-refractivity contribution in [2.24, 2.45) is 5.92 Å². The maximum atomic E-state index is 11.9. The van der Waals surface area contributed by atoms with Gasteiger partial charge in [0.1, 0.15) is 6.10 Å². The van der Waals surface area contributed by atoms with E-state index in [1.54, 1.807) is 0 Å². The second-order valence-corrected chi connectivity index (χ2v) is 5.79. The van der Waals surface area contributed by atoms with Gasteiger partial charge in [0.05, 0.1) is 0 Å². The number of piperidine rings is 1. The number of hydrogen-bond donors (Lipinski definition) is 1. The van der Waals surface area contributed by atoms with Gasteiger partial charge < -0.3 is 10.0 Å². The van der Waals surface area contributed by atoms with Gasteiger partial charge in [0.25, 0.3) is 0 Å². The van der Waals surface area contributed by atoms with Gasteiger partial charge in [0.15, 0.2) is 5.78 Å². The normalized spacial score (nSPS) is 21.3. The number of hydrogen-bond acceptors (Lipinski definition) is 3. The fourth-order valence-electron chi connectivity index (χ4n) is 2.75. The van der Waals surface area contributed by atoms with Gasteiger partial charge >= 0.3 is 0 Å². The Balaban J connectivity index is 2.28. The van der Waals surface area contributed by atoms with Crippen molar-refractivity contribution in [1.82, 2.24) is 0 Å². The molecule has 0 radical (unpaired) electrons. The molecule has 19 heavy (non-hydrogen) atoms. The van der Waals surface area contributed by atoms with Gasteiger partial charge in [-0.05, 0) is 56.4 Å². The van der Waals surface area contributed by atoms with E-state index < -0.39 is 6.10 Å². The number of Topliss-reactive ketones (excluding diaryl/α,β-unsaturated/α-hetero) is 1. The number of carbonyl (C=O) groups is 1. The number of benzene rings is 1. The molecule has 1 heterocycles. The molecule has 0 amide bonds. The van der Waals surface area contributed by atoms with Gasteiger partial charge in [-0.15, -0.1) is 0 Å².